The van der Waals surface area contributed by atoms with E-state index in [4.69, 9.17) is 9.47 Å². The molecular weight excluding hydrogens is 204 g/mol. The number of methoxy groups -OCH3 is 2. The second-order valence-electron chi connectivity index (χ2n) is 3.36. The van der Waals surface area contributed by atoms with Crippen molar-refractivity contribution in [3.05, 3.63) is 48.3 Å². The molecule has 0 radical (unpaired) electrons. The molecule has 0 aliphatic rings. The molecule has 0 bridgehead atoms. The average molecular weight is 218 g/mol. The predicted molar refractivity (Wildman–Crippen MR) is 60.3 cm³/mol. The molecule has 0 aliphatic carbocycles. The maximum atomic E-state index is 5.16. The van der Waals surface area contributed by atoms with Gasteiger partial charge in [0.2, 0.25) is 0 Å². The monoisotopic (exact) mass is 218 g/mol. The van der Waals surface area contributed by atoms with Gasteiger partial charge < -0.3 is 9.47 Å². The lowest BCUT2D eigenvalue weighted by Crippen LogP contribution is -2.02. The van der Waals surface area contributed by atoms with Gasteiger partial charge in [-0.1, -0.05) is 18.2 Å². The summed E-state index contributed by atoms with van der Waals surface area (Å²) in [6, 6.07) is 9.90. The third kappa shape index (κ3) is 2.13. The van der Waals surface area contributed by atoms with Gasteiger partial charge in [-0.2, -0.15) is 5.10 Å². The Kier molecular flexibility index (Phi) is 3.34. The number of ether oxygens (including phenoxy) is 2. The van der Waals surface area contributed by atoms with Gasteiger partial charge in [0.1, 0.15) is 0 Å². The third-order valence-electron chi connectivity index (χ3n) is 2.32. The Morgan fingerprint density at radius 1 is 1.12 bits per heavy atom. The van der Waals surface area contributed by atoms with Crippen molar-refractivity contribution in [2.75, 3.05) is 14.2 Å². The van der Waals surface area contributed by atoms with Crippen molar-refractivity contribution < 1.29 is 9.47 Å². The second-order valence-corrected chi connectivity index (χ2v) is 3.36. The van der Waals surface area contributed by atoms with Gasteiger partial charge >= 0.3 is 0 Å². The van der Waals surface area contributed by atoms with Gasteiger partial charge in [-0.15, -0.1) is 0 Å². The summed E-state index contributed by atoms with van der Waals surface area (Å²) in [6.07, 6.45) is 3.27. The molecule has 0 aliphatic heterocycles. The van der Waals surface area contributed by atoms with Crippen LogP contribution in [0.2, 0.25) is 0 Å². The van der Waals surface area contributed by atoms with Gasteiger partial charge in [-0.05, 0) is 12.1 Å². The lowest BCUT2D eigenvalue weighted by molar-refractivity contribution is -0.106. The Morgan fingerprint density at radius 2 is 1.81 bits per heavy atom. The Morgan fingerprint density at radius 3 is 2.44 bits per heavy atom. The third-order valence-corrected chi connectivity index (χ3v) is 2.32. The van der Waals surface area contributed by atoms with E-state index in [9.17, 15) is 0 Å². The van der Waals surface area contributed by atoms with Crippen LogP contribution in [-0.2, 0) is 9.47 Å². The summed E-state index contributed by atoms with van der Waals surface area (Å²) in [5, 5.41) is 4.26. The number of nitrogens with zero attached hydrogens (tertiary/aromatic N) is 2. The zero-order valence-electron chi connectivity index (χ0n) is 9.33. The first-order chi connectivity index (χ1) is 7.85. The molecule has 2 rings (SSSR count). The van der Waals surface area contributed by atoms with Gasteiger partial charge in [0.15, 0.2) is 6.29 Å². The van der Waals surface area contributed by atoms with Crippen molar-refractivity contribution in [2.24, 2.45) is 0 Å². The summed E-state index contributed by atoms with van der Waals surface area (Å²) in [4.78, 5) is 0. The first-order valence-electron chi connectivity index (χ1n) is 5.00. The maximum Gasteiger partial charge on any atom is 0.186 e. The summed E-state index contributed by atoms with van der Waals surface area (Å²) in [6.45, 7) is 0. The molecule has 2 aromatic rings. The minimum Gasteiger partial charge on any atom is -0.352 e. The van der Waals surface area contributed by atoms with Crippen LogP contribution in [0.3, 0.4) is 0 Å². The minimum atomic E-state index is -0.363. The van der Waals surface area contributed by atoms with Crippen molar-refractivity contribution in [3.63, 3.8) is 0 Å². The molecule has 4 nitrogen and oxygen atoms in total. The first-order valence-corrected chi connectivity index (χ1v) is 5.00. The van der Waals surface area contributed by atoms with Crippen LogP contribution in [0.4, 0.5) is 0 Å². The lowest BCUT2D eigenvalue weighted by atomic mass is 10.3. The van der Waals surface area contributed by atoms with Crippen molar-refractivity contribution in [1.29, 1.82) is 0 Å². The zero-order chi connectivity index (χ0) is 11.4. The van der Waals surface area contributed by atoms with Crippen LogP contribution in [0.5, 0.6) is 0 Å². The molecule has 84 valence electrons. The summed E-state index contributed by atoms with van der Waals surface area (Å²) in [5.41, 5.74) is 1.91. The minimum absolute atomic E-state index is 0.363. The summed E-state index contributed by atoms with van der Waals surface area (Å²) in [5.74, 6) is 0. The van der Waals surface area contributed by atoms with E-state index in [1.165, 1.54) is 0 Å². The number of para-hydroxylation sites is 1. The molecule has 0 amide bonds. The highest BCUT2D eigenvalue weighted by atomic mass is 16.7. The number of hydrogen-bond acceptors (Lipinski definition) is 3. The maximum absolute atomic E-state index is 5.16. The Balaban J connectivity index is 2.26. The normalized spacial score (nSPS) is 10.9. The number of benzene rings is 1. The van der Waals surface area contributed by atoms with Crippen LogP contribution in [0.15, 0.2) is 42.7 Å². The van der Waals surface area contributed by atoms with Crippen molar-refractivity contribution >= 4 is 0 Å². The van der Waals surface area contributed by atoms with Crippen LogP contribution in [0, 0.1) is 0 Å². The smallest absolute Gasteiger partial charge is 0.186 e. The molecule has 4 heteroatoms. The zero-order valence-corrected chi connectivity index (χ0v) is 9.33. The molecule has 0 spiro atoms. The molecule has 0 saturated heterocycles. The quantitative estimate of drug-likeness (QED) is 0.738. The fourth-order valence-corrected chi connectivity index (χ4v) is 1.55. The lowest BCUT2D eigenvalue weighted by Gasteiger charge is -2.10. The van der Waals surface area contributed by atoms with E-state index in [1.54, 1.807) is 25.1 Å². The molecule has 0 saturated carbocycles. The molecule has 1 aromatic heterocycles. The number of hydrogen-bond donors (Lipinski definition) is 0. The highest BCUT2D eigenvalue weighted by Crippen LogP contribution is 2.17. The Labute approximate surface area is 94.4 Å². The fraction of sp³-hybridized carbons (Fsp3) is 0.250. The standard InChI is InChI=1S/C12H14N2O2/c1-15-12(16-2)10-8-13-14(9-10)11-6-4-3-5-7-11/h3-9,12H,1-2H3. The van der Waals surface area contributed by atoms with Gasteiger partial charge in [0, 0.05) is 26.0 Å². The summed E-state index contributed by atoms with van der Waals surface area (Å²) >= 11 is 0. The van der Waals surface area contributed by atoms with Crippen LogP contribution < -0.4 is 0 Å². The molecule has 0 unspecified atom stereocenters. The SMILES string of the molecule is COC(OC)c1cnn(-c2ccccc2)c1. The first kappa shape index (κ1) is 10.9. The molecule has 0 N–H and O–H groups in total. The topological polar surface area (TPSA) is 36.3 Å². The van der Waals surface area contributed by atoms with E-state index in [0.717, 1.165) is 11.3 Å². The summed E-state index contributed by atoms with van der Waals surface area (Å²) in [7, 11) is 3.21. The molecule has 1 heterocycles. The van der Waals surface area contributed by atoms with Gasteiger partial charge in [-0.3, -0.25) is 0 Å². The van der Waals surface area contributed by atoms with E-state index >= 15 is 0 Å². The van der Waals surface area contributed by atoms with E-state index in [2.05, 4.69) is 5.10 Å². The van der Waals surface area contributed by atoms with E-state index in [1.807, 2.05) is 36.5 Å². The van der Waals surface area contributed by atoms with Crippen molar-refractivity contribution in [2.45, 2.75) is 6.29 Å². The van der Waals surface area contributed by atoms with Gasteiger partial charge in [0.05, 0.1) is 11.9 Å². The Bertz CT molecular complexity index is 435. The molecule has 0 atom stereocenters. The largest absolute Gasteiger partial charge is 0.352 e. The molecule has 0 fully saturated rings. The predicted octanol–water partition coefficient (Wildman–Crippen LogP) is 2.16. The number of rotatable bonds is 4. The van der Waals surface area contributed by atoms with Crippen LogP contribution in [0.25, 0.3) is 5.69 Å². The molecular formula is C12H14N2O2. The van der Waals surface area contributed by atoms with Gasteiger partial charge in [-0.25, -0.2) is 4.68 Å². The molecule has 1 aromatic carbocycles. The second kappa shape index (κ2) is 4.92. The van der Waals surface area contributed by atoms with Crippen LogP contribution >= 0.6 is 0 Å². The average Bonchev–Trinajstić information content (AvgIpc) is 2.81. The van der Waals surface area contributed by atoms with E-state index in [-0.39, 0.29) is 6.29 Å². The summed E-state index contributed by atoms with van der Waals surface area (Å²) < 4.78 is 12.1. The number of aromatic nitrogens is 2. The van der Waals surface area contributed by atoms with Gasteiger partial charge in [0.25, 0.3) is 0 Å². The highest BCUT2D eigenvalue weighted by Gasteiger charge is 2.11. The van der Waals surface area contributed by atoms with Crippen molar-refractivity contribution in [1.82, 2.24) is 9.78 Å². The van der Waals surface area contributed by atoms with Crippen LogP contribution in [0.1, 0.15) is 11.9 Å². The van der Waals surface area contributed by atoms with E-state index in [0.29, 0.717) is 0 Å². The van der Waals surface area contributed by atoms with E-state index < -0.39 is 0 Å². The van der Waals surface area contributed by atoms with Crippen molar-refractivity contribution in [3.8, 4) is 5.69 Å². The fourth-order valence-electron chi connectivity index (χ4n) is 1.55. The highest BCUT2D eigenvalue weighted by molar-refractivity contribution is 5.31. The molecule has 16 heavy (non-hydrogen) atoms. The Hall–Kier alpha value is -1.65. The van der Waals surface area contributed by atoms with Crippen LogP contribution in [-0.4, -0.2) is 24.0 Å².